The normalized spacial score (nSPS) is 17.7. The van der Waals surface area contributed by atoms with Gasteiger partial charge in [0, 0.05) is 37.7 Å². The van der Waals surface area contributed by atoms with Crippen LogP contribution in [0, 0.1) is 0 Å². The summed E-state index contributed by atoms with van der Waals surface area (Å²) in [6, 6.07) is 7.34. The van der Waals surface area contributed by atoms with Crippen molar-refractivity contribution in [2.45, 2.75) is 31.9 Å². The number of nitrogens with zero attached hydrogens (tertiary/aromatic N) is 2. The number of likely N-dealkylation sites (tertiary alicyclic amines) is 1. The molecule has 2 aromatic rings. The Kier molecular flexibility index (Phi) is 6.47. The van der Waals surface area contributed by atoms with E-state index in [1.807, 2.05) is 18.2 Å². The molecule has 7 heteroatoms. The number of H-pyrrole nitrogens is 1. The van der Waals surface area contributed by atoms with Crippen LogP contribution in [-0.4, -0.2) is 49.3 Å². The van der Waals surface area contributed by atoms with Crippen molar-refractivity contribution in [1.82, 2.24) is 14.9 Å². The van der Waals surface area contributed by atoms with Gasteiger partial charge < -0.3 is 19.2 Å². The molecule has 1 saturated heterocycles. The van der Waals surface area contributed by atoms with Crippen LogP contribution in [0.25, 0.3) is 0 Å². The first kappa shape index (κ1) is 19.4. The van der Waals surface area contributed by atoms with Crippen molar-refractivity contribution in [3.05, 3.63) is 51.7 Å². The highest BCUT2D eigenvalue weighted by molar-refractivity contribution is 5.40. The van der Waals surface area contributed by atoms with Crippen molar-refractivity contribution in [3.63, 3.8) is 0 Å². The van der Waals surface area contributed by atoms with Gasteiger partial charge in [0.05, 0.1) is 26.5 Å². The minimum atomic E-state index is -0.126. The van der Waals surface area contributed by atoms with Crippen LogP contribution in [0.2, 0.25) is 0 Å². The topological polar surface area (TPSA) is 76.7 Å². The van der Waals surface area contributed by atoms with E-state index in [1.54, 1.807) is 21.3 Å². The predicted octanol–water partition coefficient (Wildman–Crippen LogP) is 2.31. The Balaban J connectivity index is 1.76. The molecule has 1 aliphatic heterocycles. The summed E-state index contributed by atoms with van der Waals surface area (Å²) in [4.78, 5) is 21.8. The van der Waals surface area contributed by atoms with Crippen LogP contribution in [0.1, 0.15) is 35.8 Å². The molecule has 2 heterocycles. The number of piperidine rings is 1. The number of benzene rings is 1. The zero-order valence-corrected chi connectivity index (χ0v) is 16.2. The fraction of sp³-hybridized carbons (Fsp3) is 0.500. The summed E-state index contributed by atoms with van der Waals surface area (Å²) in [5.41, 5.74) is 1.63. The summed E-state index contributed by atoms with van der Waals surface area (Å²) < 4.78 is 16.0. The smallest absolute Gasteiger partial charge is 0.251 e. The lowest BCUT2D eigenvalue weighted by molar-refractivity contribution is 0.178. The van der Waals surface area contributed by atoms with Gasteiger partial charge in [0.1, 0.15) is 17.3 Å². The second-order valence-electron chi connectivity index (χ2n) is 6.81. The molecule has 0 radical (unpaired) electrons. The van der Waals surface area contributed by atoms with Gasteiger partial charge in [-0.2, -0.15) is 0 Å². The summed E-state index contributed by atoms with van der Waals surface area (Å²) >= 11 is 0. The molecular weight excluding hydrogens is 346 g/mol. The minimum absolute atomic E-state index is 0.126. The maximum atomic E-state index is 12.0. The van der Waals surface area contributed by atoms with Gasteiger partial charge in [-0.25, -0.2) is 4.98 Å². The second kappa shape index (κ2) is 9.01. The molecular formula is C20H27N3O4. The molecule has 1 aromatic carbocycles. The van der Waals surface area contributed by atoms with E-state index in [4.69, 9.17) is 14.2 Å². The molecule has 0 amide bonds. The SMILES string of the molecule is COCc1cc(=O)[nH]c([C@H]2CCCN(Cc3cc(OC)ccc3OC)C2)n1. The number of aromatic nitrogens is 2. The molecule has 0 aliphatic carbocycles. The number of hydrogen-bond donors (Lipinski definition) is 1. The number of methoxy groups -OCH3 is 3. The van der Waals surface area contributed by atoms with Crippen molar-refractivity contribution in [2.24, 2.45) is 0 Å². The third-order valence-corrected chi connectivity index (χ3v) is 4.88. The molecule has 7 nitrogen and oxygen atoms in total. The van der Waals surface area contributed by atoms with Gasteiger partial charge in [-0.05, 0) is 37.6 Å². The van der Waals surface area contributed by atoms with Crippen molar-refractivity contribution in [1.29, 1.82) is 0 Å². The Morgan fingerprint density at radius 1 is 1.22 bits per heavy atom. The van der Waals surface area contributed by atoms with E-state index >= 15 is 0 Å². The average molecular weight is 373 g/mol. The fourth-order valence-electron chi connectivity index (χ4n) is 3.61. The molecule has 0 spiro atoms. The summed E-state index contributed by atoms with van der Waals surface area (Å²) in [7, 11) is 4.95. The Labute approximate surface area is 159 Å². The number of rotatable bonds is 7. The van der Waals surface area contributed by atoms with Crippen LogP contribution in [-0.2, 0) is 17.9 Å². The molecule has 1 aromatic heterocycles. The monoisotopic (exact) mass is 373 g/mol. The standard InChI is InChI=1S/C20H27N3O4/c1-25-13-16-10-19(24)22-20(21-16)14-5-4-8-23(11-14)12-15-9-17(26-2)6-7-18(15)27-3/h6-7,9-10,14H,4-5,8,11-13H2,1-3H3,(H,21,22,24)/t14-/m0/s1. The van der Waals surface area contributed by atoms with Crippen LogP contribution in [0.15, 0.2) is 29.1 Å². The molecule has 0 saturated carbocycles. The molecule has 3 rings (SSSR count). The van der Waals surface area contributed by atoms with Crippen molar-refractivity contribution >= 4 is 0 Å². The third kappa shape index (κ3) is 4.87. The van der Waals surface area contributed by atoms with Crippen LogP contribution >= 0.6 is 0 Å². The number of aromatic amines is 1. The maximum Gasteiger partial charge on any atom is 0.251 e. The van der Waals surface area contributed by atoms with Crippen molar-refractivity contribution in [3.8, 4) is 11.5 Å². The number of hydrogen-bond acceptors (Lipinski definition) is 6. The van der Waals surface area contributed by atoms with E-state index in [1.165, 1.54) is 6.07 Å². The molecule has 27 heavy (non-hydrogen) atoms. The molecule has 0 bridgehead atoms. The highest BCUT2D eigenvalue weighted by Crippen LogP contribution is 2.29. The maximum absolute atomic E-state index is 12.0. The Morgan fingerprint density at radius 2 is 2.07 bits per heavy atom. The molecule has 1 aliphatic rings. The quantitative estimate of drug-likeness (QED) is 0.803. The lowest BCUT2D eigenvalue weighted by Crippen LogP contribution is -2.35. The molecule has 146 valence electrons. The molecule has 1 N–H and O–H groups in total. The van der Waals surface area contributed by atoms with E-state index in [0.717, 1.165) is 55.4 Å². The summed E-state index contributed by atoms with van der Waals surface area (Å²) in [5.74, 6) is 2.61. The third-order valence-electron chi connectivity index (χ3n) is 4.88. The lowest BCUT2D eigenvalue weighted by atomic mass is 9.96. The predicted molar refractivity (Wildman–Crippen MR) is 102 cm³/mol. The van der Waals surface area contributed by atoms with Gasteiger partial charge in [0.25, 0.3) is 5.56 Å². The zero-order valence-electron chi connectivity index (χ0n) is 16.2. The first-order valence-corrected chi connectivity index (χ1v) is 9.15. The summed E-state index contributed by atoms with van der Waals surface area (Å²) in [5, 5.41) is 0. The molecule has 1 fully saturated rings. The highest BCUT2D eigenvalue weighted by atomic mass is 16.5. The molecule has 1 atom stereocenters. The Hall–Kier alpha value is -2.38. The van der Waals surface area contributed by atoms with Gasteiger partial charge in [-0.3, -0.25) is 9.69 Å². The van der Waals surface area contributed by atoms with Crippen LogP contribution < -0.4 is 15.0 Å². The largest absolute Gasteiger partial charge is 0.497 e. The van der Waals surface area contributed by atoms with Gasteiger partial charge >= 0.3 is 0 Å². The highest BCUT2D eigenvalue weighted by Gasteiger charge is 2.24. The van der Waals surface area contributed by atoms with E-state index in [-0.39, 0.29) is 11.5 Å². The first-order valence-electron chi connectivity index (χ1n) is 9.15. The summed E-state index contributed by atoms with van der Waals surface area (Å²) in [6.07, 6.45) is 2.06. The van der Waals surface area contributed by atoms with E-state index in [2.05, 4.69) is 14.9 Å². The Bertz CT molecular complexity index is 821. The van der Waals surface area contributed by atoms with Gasteiger partial charge in [0.2, 0.25) is 0 Å². The first-order chi connectivity index (χ1) is 13.1. The van der Waals surface area contributed by atoms with Gasteiger partial charge in [0.15, 0.2) is 0 Å². The molecule has 0 unspecified atom stereocenters. The number of ether oxygens (including phenoxy) is 3. The fourth-order valence-corrected chi connectivity index (χ4v) is 3.61. The van der Waals surface area contributed by atoms with Crippen LogP contribution in [0.5, 0.6) is 11.5 Å². The van der Waals surface area contributed by atoms with Crippen molar-refractivity contribution < 1.29 is 14.2 Å². The summed E-state index contributed by atoms with van der Waals surface area (Å²) in [6.45, 7) is 2.94. The van der Waals surface area contributed by atoms with Gasteiger partial charge in [-0.1, -0.05) is 0 Å². The number of nitrogens with one attached hydrogen (secondary N) is 1. The minimum Gasteiger partial charge on any atom is -0.497 e. The van der Waals surface area contributed by atoms with E-state index < -0.39 is 0 Å². The van der Waals surface area contributed by atoms with Gasteiger partial charge in [-0.15, -0.1) is 0 Å². The van der Waals surface area contributed by atoms with Crippen molar-refractivity contribution in [2.75, 3.05) is 34.4 Å². The van der Waals surface area contributed by atoms with E-state index in [0.29, 0.717) is 12.3 Å². The van der Waals surface area contributed by atoms with E-state index in [9.17, 15) is 4.79 Å². The zero-order chi connectivity index (χ0) is 19.2. The Morgan fingerprint density at radius 3 is 2.81 bits per heavy atom. The lowest BCUT2D eigenvalue weighted by Gasteiger charge is -2.32. The second-order valence-corrected chi connectivity index (χ2v) is 6.81. The average Bonchev–Trinajstić information content (AvgIpc) is 2.68. The van der Waals surface area contributed by atoms with Crippen LogP contribution in [0.3, 0.4) is 0 Å². The van der Waals surface area contributed by atoms with Crippen LogP contribution in [0.4, 0.5) is 0 Å².